The zero-order valence-electron chi connectivity index (χ0n) is 13.3. The van der Waals surface area contributed by atoms with Gasteiger partial charge in [0, 0.05) is 21.8 Å². The quantitative estimate of drug-likeness (QED) is 0.802. The van der Waals surface area contributed by atoms with E-state index in [4.69, 9.17) is 0 Å². The number of benzene rings is 1. The molecule has 0 fully saturated rings. The van der Waals surface area contributed by atoms with Crippen LogP contribution in [0.15, 0.2) is 30.3 Å². The van der Waals surface area contributed by atoms with Crippen LogP contribution in [0.5, 0.6) is 0 Å². The first-order chi connectivity index (χ1) is 10.1. The number of hydrogen-bond donors (Lipinski definition) is 1. The van der Waals surface area contributed by atoms with Crippen molar-refractivity contribution in [2.24, 2.45) is 0 Å². The van der Waals surface area contributed by atoms with E-state index in [1.54, 1.807) is 10.4 Å². The smallest absolute Gasteiger partial charge is 0.0391 e. The number of thiophene rings is 1. The van der Waals surface area contributed by atoms with E-state index in [1.165, 1.54) is 41.7 Å². The van der Waals surface area contributed by atoms with Crippen LogP contribution in [0.4, 0.5) is 0 Å². The van der Waals surface area contributed by atoms with Gasteiger partial charge in [0.25, 0.3) is 0 Å². The van der Waals surface area contributed by atoms with E-state index in [2.05, 4.69) is 56.4 Å². The fourth-order valence-corrected chi connectivity index (χ4v) is 4.62. The molecular weight excluding hydrogens is 274 g/mol. The van der Waals surface area contributed by atoms with Gasteiger partial charge in [0.1, 0.15) is 0 Å². The zero-order valence-corrected chi connectivity index (χ0v) is 14.1. The van der Waals surface area contributed by atoms with Crippen molar-refractivity contribution in [3.8, 4) is 0 Å². The fraction of sp³-hybridized carbons (Fsp3) is 0.474. The summed E-state index contributed by atoms with van der Waals surface area (Å²) in [6.45, 7) is 6.76. The molecule has 2 aromatic rings. The van der Waals surface area contributed by atoms with Gasteiger partial charge in [0.05, 0.1) is 0 Å². The highest BCUT2D eigenvalue weighted by molar-refractivity contribution is 7.12. The Hall–Kier alpha value is -1.12. The molecule has 1 N–H and O–H groups in total. The third kappa shape index (κ3) is 3.22. The average Bonchev–Trinajstić information content (AvgIpc) is 2.91. The molecule has 2 heteroatoms. The van der Waals surface area contributed by atoms with Crippen LogP contribution in [0, 0.1) is 6.92 Å². The van der Waals surface area contributed by atoms with E-state index in [0.29, 0.717) is 12.1 Å². The summed E-state index contributed by atoms with van der Waals surface area (Å²) in [5.41, 5.74) is 4.39. The normalized spacial score (nSPS) is 17.3. The van der Waals surface area contributed by atoms with Crippen LogP contribution in [0.2, 0.25) is 0 Å². The van der Waals surface area contributed by atoms with Gasteiger partial charge in [0.15, 0.2) is 0 Å². The molecule has 2 atom stereocenters. The third-order valence-corrected chi connectivity index (χ3v) is 6.02. The predicted octanol–water partition coefficient (Wildman–Crippen LogP) is 5.35. The lowest BCUT2D eigenvalue weighted by Crippen LogP contribution is -2.22. The number of aryl methyl sites for hydroxylation is 3. The highest BCUT2D eigenvalue weighted by Gasteiger charge is 2.18. The van der Waals surface area contributed by atoms with Gasteiger partial charge in [-0.05, 0) is 69.2 Å². The van der Waals surface area contributed by atoms with Gasteiger partial charge in [-0.25, -0.2) is 0 Å². The molecule has 112 valence electrons. The van der Waals surface area contributed by atoms with Crippen LogP contribution in [0.3, 0.4) is 0 Å². The maximum Gasteiger partial charge on any atom is 0.0391 e. The second kappa shape index (κ2) is 6.33. The molecule has 1 aromatic heterocycles. The van der Waals surface area contributed by atoms with Gasteiger partial charge < -0.3 is 5.32 Å². The monoisotopic (exact) mass is 299 g/mol. The van der Waals surface area contributed by atoms with E-state index in [1.807, 2.05) is 11.3 Å². The molecule has 0 amide bonds. The van der Waals surface area contributed by atoms with Crippen LogP contribution in [0.25, 0.3) is 0 Å². The van der Waals surface area contributed by atoms with Crippen molar-refractivity contribution in [3.05, 3.63) is 56.8 Å². The van der Waals surface area contributed by atoms with Gasteiger partial charge in [-0.15, -0.1) is 11.3 Å². The van der Waals surface area contributed by atoms with Crippen molar-refractivity contribution in [2.75, 3.05) is 0 Å². The largest absolute Gasteiger partial charge is 0.303 e. The molecule has 0 aliphatic heterocycles. The van der Waals surface area contributed by atoms with Crippen molar-refractivity contribution in [3.63, 3.8) is 0 Å². The zero-order chi connectivity index (χ0) is 14.8. The second-order valence-corrected chi connectivity index (χ2v) is 7.44. The van der Waals surface area contributed by atoms with Crippen LogP contribution in [0.1, 0.15) is 65.2 Å². The summed E-state index contributed by atoms with van der Waals surface area (Å²) in [4.78, 5) is 3.13. The molecule has 0 bridgehead atoms. The lowest BCUT2D eigenvalue weighted by Gasteiger charge is -2.21. The first-order valence-corrected chi connectivity index (χ1v) is 8.90. The van der Waals surface area contributed by atoms with Crippen molar-refractivity contribution in [2.45, 2.75) is 58.5 Å². The lowest BCUT2D eigenvalue weighted by atomic mass is 9.98. The molecule has 1 aromatic carbocycles. The Labute approximate surface area is 132 Å². The molecule has 21 heavy (non-hydrogen) atoms. The van der Waals surface area contributed by atoms with E-state index in [9.17, 15) is 0 Å². The number of hydrogen-bond acceptors (Lipinski definition) is 2. The topological polar surface area (TPSA) is 12.0 Å². The maximum absolute atomic E-state index is 3.77. The number of nitrogens with one attached hydrogen (secondary N) is 1. The van der Waals surface area contributed by atoms with Gasteiger partial charge in [-0.2, -0.15) is 0 Å². The Bertz CT molecular complexity index is 590. The van der Waals surface area contributed by atoms with E-state index < -0.39 is 0 Å². The molecule has 0 saturated heterocycles. The summed E-state index contributed by atoms with van der Waals surface area (Å²) >= 11 is 2.02. The molecule has 1 heterocycles. The van der Waals surface area contributed by atoms with Crippen molar-refractivity contribution in [1.29, 1.82) is 0 Å². The summed E-state index contributed by atoms with van der Waals surface area (Å²) in [5.74, 6) is 0. The van der Waals surface area contributed by atoms with Gasteiger partial charge >= 0.3 is 0 Å². The lowest BCUT2D eigenvalue weighted by molar-refractivity contribution is 0.498. The Morgan fingerprint density at radius 2 is 1.81 bits per heavy atom. The van der Waals surface area contributed by atoms with Crippen LogP contribution >= 0.6 is 11.3 Å². The van der Waals surface area contributed by atoms with E-state index in [-0.39, 0.29) is 0 Å². The van der Waals surface area contributed by atoms with Crippen molar-refractivity contribution in [1.82, 2.24) is 5.32 Å². The third-order valence-electron chi connectivity index (χ3n) is 4.60. The highest BCUT2D eigenvalue weighted by atomic mass is 32.1. The first kappa shape index (κ1) is 14.8. The van der Waals surface area contributed by atoms with Gasteiger partial charge in [-0.1, -0.05) is 24.3 Å². The number of fused-ring (bicyclic) bond motifs is 1. The molecule has 2 unspecified atom stereocenters. The predicted molar refractivity (Wildman–Crippen MR) is 92.1 cm³/mol. The van der Waals surface area contributed by atoms with Crippen molar-refractivity contribution >= 4 is 11.3 Å². The fourth-order valence-electron chi connectivity index (χ4n) is 3.35. The Morgan fingerprint density at radius 1 is 1.05 bits per heavy atom. The molecule has 0 saturated carbocycles. The van der Waals surface area contributed by atoms with Gasteiger partial charge in [-0.3, -0.25) is 0 Å². The Kier molecular flexibility index (Phi) is 4.46. The molecule has 1 aliphatic rings. The molecule has 0 radical (unpaired) electrons. The van der Waals surface area contributed by atoms with E-state index >= 15 is 0 Å². The minimum atomic E-state index is 0.389. The summed E-state index contributed by atoms with van der Waals surface area (Å²) in [6.07, 6.45) is 5.31. The molecule has 1 aliphatic carbocycles. The molecule has 0 spiro atoms. The summed E-state index contributed by atoms with van der Waals surface area (Å²) in [5, 5.41) is 3.77. The summed E-state index contributed by atoms with van der Waals surface area (Å²) < 4.78 is 0. The SMILES string of the molecule is Cc1ccccc1C(C)NC(C)c1cc2c(s1)CCCC2. The molecule has 1 nitrogen and oxygen atoms in total. The molecular formula is C19H25NS. The Balaban J connectivity index is 1.72. The molecule has 3 rings (SSSR count). The van der Waals surface area contributed by atoms with Crippen LogP contribution in [-0.4, -0.2) is 0 Å². The maximum atomic E-state index is 3.77. The van der Waals surface area contributed by atoms with Crippen molar-refractivity contribution < 1.29 is 0 Å². The Morgan fingerprint density at radius 3 is 2.57 bits per heavy atom. The second-order valence-electron chi connectivity index (χ2n) is 6.27. The average molecular weight is 299 g/mol. The van der Waals surface area contributed by atoms with Gasteiger partial charge in [0.2, 0.25) is 0 Å². The highest BCUT2D eigenvalue weighted by Crippen LogP contribution is 2.33. The summed E-state index contributed by atoms with van der Waals surface area (Å²) in [7, 11) is 0. The minimum absolute atomic E-state index is 0.389. The standard InChI is InChI=1S/C19H25NS/c1-13-8-4-6-10-17(13)14(2)20-15(3)19-12-16-9-5-7-11-18(16)21-19/h4,6,8,10,12,14-15,20H,5,7,9,11H2,1-3H3. The van der Waals surface area contributed by atoms with E-state index in [0.717, 1.165) is 0 Å². The number of rotatable bonds is 4. The minimum Gasteiger partial charge on any atom is -0.303 e. The first-order valence-electron chi connectivity index (χ1n) is 8.08. The summed E-state index contributed by atoms with van der Waals surface area (Å²) in [6, 6.07) is 11.9. The van der Waals surface area contributed by atoms with Crippen LogP contribution in [-0.2, 0) is 12.8 Å². The van der Waals surface area contributed by atoms with Crippen LogP contribution < -0.4 is 5.32 Å².